The highest BCUT2D eigenvalue weighted by atomic mass is 16.6. The van der Waals surface area contributed by atoms with Crippen molar-refractivity contribution in [2.24, 2.45) is 0 Å². The zero-order valence-electron chi connectivity index (χ0n) is 13.5. The predicted molar refractivity (Wildman–Crippen MR) is 83.5 cm³/mol. The molecular weight excluding hydrogens is 268 g/mol. The van der Waals surface area contributed by atoms with Gasteiger partial charge in [-0.25, -0.2) is 4.79 Å². The monoisotopic (exact) mass is 294 g/mol. The minimum Gasteiger partial charge on any atom is -0.497 e. The van der Waals surface area contributed by atoms with Crippen LogP contribution in [0.2, 0.25) is 0 Å². The lowest BCUT2D eigenvalue weighted by atomic mass is 10.2. The molecule has 0 aliphatic carbocycles. The molecule has 0 bridgehead atoms. The predicted octanol–water partition coefficient (Wildman–Crippen LogP) is 2.70. The van der Waals surface area contributed by atoms with Gasteiger partial charge in [-0.15, -0.1) is 0 Å². The molecule has 1 rings (SSSR count). The van der Waals surface area contributed by atoms with Crippen molar-refractivity contribution in [2.75, 3.05) is 13.7 Å². The average molecular weight is 294 g/mol. The number of methoxy groups -OCH3 is 1. The van der Waals surface area contributed by atoms with Gasteiger partial charge in [0, 0.05) is 19.1 Å². The van der Waals surface area contributed by atoms with Gasteiger partial charge in [0.2, 0.25) is 0 Å². The van der Waals surface area contributed by atoms with Crippen molar-refractivity contribution in [3.05, 3.63) is 29.8 Å². The number of nitrogens with one attached hydrogen (secondary N) is 2. The normalized spacial score (nSPS) is 12.6. The van der Waals surface area contributed by atoms with E-state index in [0.717, 1.165) is 12.3 Å². The van der Waals surface area contributed by atoms with Crippen LogP contribution in [0.1, 0.15) is 33.3 Å². The van der Waals surface area contributed by atoms with Gasteiger partial charge in [0.15, 0.2) is 0 Å². The van der Waals surface area contributed by atoms with E-state index in [1.807, 2.05) is 52.0 Å². The van der Waals surface area contributed by atoms with Crippen molar-refractivity contribution in [3.8, 4) is 5.75 Å². The summed E-state index contributed by atoms with van der Waals surface area (Å²) in [5, 5.41) is 6.09. The Labute approximate surface area is 127 Å². The lowest BCUT2D eigenvalue weighted by Crippen LogP contribution is -2.40. The number of rotatable bonds is 6. The van der Waals surface area contributed by atoms with Gasteiger partial charge in [-0.2, -0.15) is 0 Å². The third-order valence-electron chi connectivity index (χ3n) is 2.77. The SMILES string of the molecule is COc1ccc(CNC(C)CNC(=O)OC(C)(C)C)cc1. The van der Waals surface area contributed by atoms with Crippen LogP contribution >= 0.6 is 0 Å². The summed E-state index contributed by atoms with van der Waals surface area (Å²) in [4.78, 5) is 11.5. The zero-order valence-corrected chi connectivity index (χ0v) is 13.5. The molecule has 0 radical (unpaired) electrons. The molecule has 0 aromatic heterocycles. The molecule has 5 heteroatoms. The number of benzene rings is 1. The first-order valence-electron chi connectivity index (χ1n) is 7.13. The number of alkyl carbamates (subject to hydrolysis) is 1. The van der Waals surface area contributed by atoms with Crippen LogP contribution in [0.3, 0.4) is 0 Å². The van der Waals surface area contributed by atoms with Crippen molar-refractivity contribution in [1.82, 2.24) is 10.6 Å². The summed E-state index contributed by atoms with van der Waals surface area (Å²) in [6.45, 7) is 8.81. The molecule has 0 aliphatic rings. The second-order valence-corrected chi connectivity index (χ2v) is 6.01. The second kappa shape index (κ2) is 7.88. The fraction of sp³-hybridized carbons (Fsp3) is 0.562. The Morgan fingerprint density at radius 2 is 1.86 bits per heavy atom. The first-order chi connectivity index (χ1) is 9.80. The summed E-state index contributed by atoms with van der Waals surface area (Å²) in [7, 11) is 1.65. The molecule has 0 saturated carbocycles. The molecule has 1 atom stereocenters. The van der Waals surface area contributed by atoms with E-state index in [1.165, 1.54) is 5.56 Å². The van der Waals surface area contributed by atoms with Crippen molar-refractivity contribution < 1.29 is 14.3 Å². The molecule has 1 aromatic rings. The minimum atomic E-state index is -0.468. The highest BCUT2D eigenvalue weighted by molar-refractivity contribution is 5.67. The summed E-state index contributed by atoms with van der Waals surface area (Å²) in [6.07, 6.45) is -0.388. The summed E-state index contributed by atoms with van der Waals surface area (Å²) in [5.41, 5.74) is 0.698. The first kappa shape index (κ1) is 17.3. The topological polar surface area (TPSA) is 59.6 Å². The number of carbonyl (C=O) groups excluding carboxylic acids is 1. The Morgan fingerprint density at radius 1 is 1.24 bits per heavy atom. The molecule has 1 amide bonds. The molecule has 0 heterocycles. The smallest absolute Gasteiger partial charge is 0.407 e. The molecule has 1 unspecified atom stereocenters. The van der Waals surface area contributed by atoms with E-state index in [0.29, 0.717) is 6.54 Å². The van der Waals surface area contributed by atoms with Gasteiger partial charge < -0.3 is 20.1 Å². The maximum Gasteiger partial charge on any atom is 0.407 e. The van der Waals surface area contributed by atoms with E-state index in [1.54, 1.807) is 7.11 Å². The van der Waals surface area contributed by atoms with E-state index in [-0.39, 0.29) is 12.1 Å². The first-order valence-corrected chi connectivity index (χ1v) is 7.13. The van der Waals surface area contributed by atoms with Crippen LogP contribution in [-0.4, -0.2) is 31.4 Å². The number of hydrogen-bond acceptors (Lipinski definition) is 4. The van der Waals surface area contributed by atoms with Crippen LogP contribution in [0.25, 0.3) is 0 Å². The van der Waals surface area contributed by atoms with Gasteiger partial charge in [-0.3, -0.25) is 0 Å². The van der Waals surface area contributed by atoms with Gasteiger partial charge in [0.25, 0.3) is 0 Å². The molecular formula is C16H26N2O3. The molecule has 118 valence electrons. The van der Waals surface area contributed by atoms with Gasteiger partial charge in [-0.1, -0.05) is 12.1 Å². The van der Waals surface area contributed by atoms with E-state index in [2.05, 4.69) is 10.6 Å². The van der Waals surface area contributed by atoms with Gasteiger partial charge in [-0.05, 0) is 45.4 Å². The van der Waals surface area contributed by atoms with Crippen molar-refractivity contribution >= 4 is 6.09 Å². The van der Waals surface area contributed by atoms with Gasteiger partial charge in [0.1, 0.15) is 11.4 Å². The third-order valence-corrected chi connectivity index (χ3v) is 2.77. The molecule has 0 aliphatic heterocycles. The Balaban J connectivity index is 2.27. The number of ether oxygens (including phenoxy) is 2. The van der Waals surface area contributed by atoms with E-state index < -0.39 is 5.60 Å². The molecule has 1 aromatic carbocycles. The minimum absolute atomic E-state index is 0.152. The summed E-state index contributed by atoms with van der Waals surface area (Å²) in [6, 6.07) is 8.04. The Hall–Kier alpha value is -1.75. The van der Waals surface area contributed by atoms with E-state index in [9.17, 15) is 4.79 Å². The Morgan fingerprint density at radius 3 is 2.38 bits per heavy atom. The number of carbonyl (C=O) groups is 1. The quantitative estimate of drug-likeness (QED) is 0.847. The molecule has 5 nitrogen and oxygen atoms in total. The summed E-state index contributed by atoms with van der Waals surface area (Å²) >= 11 is 0. The van der Waals surface area contributed by atoms with E-state index in [4.69, 9.17) is 9.47 Å². The molecule has 2 N–H and O–H groups in total. The highest BCUT2D eigenvalue weighted by Gasteiger charge is 2.16. The standard InChI is InChI=1S/C16H26N2O3/c1-12(10-18-15(19)21-16(2,3)4)17-11-13-6-8-14(20-5)9-7-13/h6-9,12,17H,10-11H2,1-5H3,(H,18,19). The Bertz CT molecular complexity index is 438. The fourth-order valence-corrected chi connectivity index (χ4v) is 1.66. The Kier molecular flexibility index (Phi) is 6.49. The third kappa shape index (κ3) is 7.56. The lowest BCUT2D eigenvalue weighted by Gasteiger charge is -2.21. The van der Waals surface area contributed by atoms with Crippen LogP contribution < -0.4 is 15.4 Å². The highest BCUT2D eigenvalue weighted by Crippen LogP contribution is 2.11. The molecule has 0 saturated heterocycles. The van der Waals surface area contributed by atoms with E-state index >= 15 is 0 Å². The molecule has 0 spiro atoms. The molecule has 21 heavy (non-hydrogen) atoms. The van der Waals surface area contributed by atoms with Gasteiger partial charge >= 0.3 is 6.09 Å². The maximum atomic E-state index is 11.5. The summed E-state index contributed by atoms with van der Waals surface area (Å²) < 4.78 is 10.3. The van der Waals surface area contributed by atoms with Crippen molar-refractivity contribution in [1.29, 1.82) is 0 Å². The maximum absolute atomic E-state index is 11.5. The fourth-order valence-electron chi connectivity index (χ4n) is 1.66. The van der Waals surface area contributed by atoms with Crippen LogP contribution in [-0.2, 0) is 11.3 Å². The molecule has 0 fully saturated rings. The largest absolute Gasteiger partial charge is 0.497 e. The van der Waals surface area contributed by atoms with Crippen molar-refractivity contribution in [3.63, 3.8) is 0 Å². The second-order valence-electron chi connectivity index (χ2n) is 6.01. The number of amides is 1. The zero-order chi connectivity index (χ0) is 15.9. The summed E-state index contributed by atoms with van der Waals surface area (Å²) in [5.74, 6) is 0.846. The average Bonchev–Trinajstić information content (AvgIpc) is 2.41. The number of hydrogen-bond donors (Lipinski definition) is 2. The van der Waals surface area contributed by atoms with Crippen molar-refractivity contribution in [2.45, 2.75) is 45.9 Å². The van der Waals surface area contributed by atoms with Crippen LogP contribution in [0.15, 0.2) is 24.3 Å². The van der Waals surface area contributed by atoms with Crippen LogP contribution in [0, 0.1) is 0 Å². The van der Waals surface area contributed by atoms with Crippen LogP contribution in [0.4, 0.5) is 4.79 Å². The van der Waals surface area contributed by atoms with Gasteiger partial charge in [0.05, 0.1) is 7.11 Å². The van der Waals surface area contributed by atoms with Crippen LogP contribution in [0.5, 0.6) is 5.75 Å². The lowest BCUT2D eigenvalue weighted by molar-refractivity contribution is 0.0523.